The van der Waals surface area contributed by atoms with Gasteiger partial charge in [0.1, 0.15) is 12.6 Å². The van der Waals surface area contributed by atoms with E-state index in [1.165, 1.54) is 17.0 Å². The van der Waals surface area contributed by atoms with Gasteiger partial charge in [-0.1, -0.05) is 67.9 Å². The second-order valence-corrected chi connectivity index (χ2v) is 12.3. The molecule has 0 saturated carbocycles. The van der Waals surface area contributed by atoms with Gasteiger partial charge in [0.2, 0.25) is 11.8 Å². The lowest BCUT2D eigenvalue weighted by atomic mass is 10.1. The normalized spacial score (nSPS) is 12.2. The van der Waals surface area contributed by atoms with E-state index in [-0.39, 0.29) is 23.3 Å². The molecule has 1 N–H and O–H groups in total. The van der Waals surface area contributed by atoms with Gasteiger partial charge >= 0.3 is 0 Å². The Morgan fingerprint density at radius 1 is 0.923 bits per heavy atom. The van der Waals surface area contributed by atoms with Crippen LogP contribution in [-0.4, -0.2) is 44.3 Å². The van der Waals surface area contributed by atoms with E-state index in [2.05, 4.69) is 5.32 Å². The van der Waals surface area contributed by atoms with Crippen molar-refractivity contribution in [1.29, 1.82) is 0 Å². The average molecular weight is 570 g/mol. The first kappa shape index (κ1) is 30.2. The molecule has 0 aliphatic carbocycles. The third-order valence-electron chi connectivity index (χ3n) is 6.55. The predicted octanol–water partition coefficient (Wildman–Crippen LogP) is 5.34. The molecular weight excluding hydrogens is 534 g/mol. The molecular formula is C30H36ClN3O4S. The van der Waals surface area contributed by atoms with Gasteiger partial charge in [-0.3, -0.25) is 13.9 Å². The Labute approximate surface area is 236 Å². The van der Waals surface area contributed by atoms with Crippen LogP contribution in [0.25, 0.3) is 0 Å². The topological polar surface area (TPSA) is 86.8 Å². The van der Waals surface area contributed by atoms with E-state index in [0.29, 0.717) is 17.3 Å². The fourth-order valence-corrected chi connectivity index (χ4v) is 5.81. The molecule has 0 saturated heterocycles. The van der Waals surface area contributed by atoms with Crippen molar-refractivity contribution in [2.45, 2.75) is 52.1 Å². The molecule has 0 heterocycles. The maximum absolute atomic E-state index is 14.0. The minimum absolute atomic E-state index is 0.0721. The molecule has 39 heavy (non-hydrogen) atoms. The molecule has 7 nitrogen and oxygen atoms in total. The molecule has 9 heteroatoms. The summed E-state index contributed by atoms with van der Waals surface area (Å²) in [6, 6.07) is 19.6. The van der Waals surface area contributed by atoms with Crippen molar-refractivity contribution >= 4 is 39.1 Å². The first-order valence-corrected chi connectivity index (χ1v) is 14.7. The fourth-order valence-electron chi connectivity index (χ4n) is 4.11. The number of rotatable bonds is 11. The standard InChI is InChI=1S/C30H36ClN3O4S/c1-21(2)18-32-30(36)24(5)33(19-25-12-10-13-26(31)17-25)29(35)20-34(28-16-9-11-22(3)23(28)4)39(37,38)27-14-7-6-8-15-27/h6-17,21,24H,18-20H2,1-5H3,(H,32,36)/t24-/m1/s1. The fraction of sp³-hybridized carbons (Fsp3) is 0.333. The number of aryl methyl sites for hydroxylation is 1. The van der Waals surface area contributed by atoms with Gasteiger partial charge in [-0.05, 0) is 73.7 Å². The number of hydrogen-bond acceptors (Lipinski definition) is 4. The number of benzene rings is 3. The third kappa shape index (κ3) is 7.61. The Hall–Kier alpha value is -3.36. The number of amides is 2. The maximum Gasteiger partial charge on any atom is 0.264 e. The molecule has 3 rings (SSSR count). The van der Waals surface area contributed by atoms with Crippen LogP contribution in [0.4, 0.5) is 5.69 Å². The van der Waals surface area contributed by atoms with Gasteiger partial charge < -0.3 is 10.2 Å². The van der Waals surface area contributed by atoms with Crippen molar-refractivity contribution < 1.29 is 18.0 Å². The Kier molecular flexibility index (Phi) is 10.2. The molecule has 3 aromatic rings. The van der Waals surface area contributed by atoms with E-state index >= 15 is 0 Å². The molecule has 0 spiro atoms. The van der Waals surface area contributed by atoms with E-state index in [1.807, 2.05) is 39.8 Å². The van der Waals surface area contributed by atoms with Gasteiger partial charge in [-0.25, -0.2) is 8.42 Å². The molecule has 0 aromatic heterocycles. The molecule has 1 atom stereocenters. The molecule has 0 unspecified atom stereocenters. The zero-order valence-corrected chi connectivity index (χ0v) is 24.6. The Balaban J connectivity index is 2.04. The quantitative estimate of drug-likeness (QED) is 0.338. The summed E-state index contributed by atoms with van der Waals surface area (Å²) in [4.78, 5) is 28.5. The zero-order valence-electron chi connectivity index (χ0n) is 23.0. The number of carbonyl (C=O) groups excluding carboxylic acids is 2. The van der Waals surface area contributed by atoms with Crippen LogP contribution in [0, 0.1) is 19.8 Å². The summed E-state index contributed by atoms with van der Waals surface area (Å²) < 4.78 is 28.9. The summed E-state index contributed by atoms with van der Waals surface area (Å²) in [7, 11) is -4.10. The average Bonchev–Trinajstić information content (AvgIpc) is 2.90. The monoisotopic (exact) mass is 569 g/mol. The van der Waals surface area contributed by atoms with Crippen molar-refractivity contribution in [3.63, 3.8) is 0 Å². The van der Waals surface area contributed by atoms with Crippen molar-refractivity contribution in [2.75, 3.05) is 17.4 Å². The largest absolute Gasteiger partial charge is 0.354 e. The van der Waals surface area contributed by atoms with E-state index in [4.69, 9.17) is 11.6 Å². The van der Waals surface area contributed by atoms with Crippen LogP contribution in [0.2, 0.25) is 5.02 Å². The molecule has 0 radical (unpaired) electrons. The van der Waals surface area contributed by atoms with Crippen LogP contribution in [0.5, 0.6) is 0 Å². The molecule has 0 aliphatic rings. The maximum atomic E-state index is 14.0. The lowest BCUT2D eigenvalue weighted by molar-refractivity contribution is -0.139. The SMILES string of the molecule is Cc1cccc(N(CC(=O)N(Cc2cccc(Cl)c2)[C@H](C)C(=O)NCC(C)C)S(=O)(=O)c2ccccc2)c1C. The van der Waals surface area contributed by atoms with E-state index in [0.717, 1.165) is 21.0 Å². The third-order valence-corrected chi connectivity index (χ3v) is 8.56. The molecule has 208 valence electrons. The van der Waals surface area contributed by atoms with Crippen LogP contribution in [0.15, 0.2) is 77.7 Å². The summed E-state index contributed by atoms with van der Waals surface area (Å²) in [6.45, 7) is 9.39. The van der Waals surface area contributed by atoms with Crippen LogP contribution in [0.3, 0.4) is 0 Å². The molecule has 0 fully saturated rings. The highest BCUT2D eigenvalue weighted by molar-refractivity contribution is 7.92. The highest BCUT2D eigenvalue weighted by Crippen LogP contribution is 2.29. The number of sulfonamides is 1. The summed E-state index contributed by atoms with van der Waals surface area (Å²) in [5.74, 6) is -0.597. The highest BCUT2D eigenvalue weighted by Gasteiger charge is 2.33. The summed E-state index contributed by atoms with van der Waals surface area (Å²) in [5.41, 5.74) is 2.77. The smallest absolute Gasteiger partial charge is 0.264 e. The van der Waals surface area contributed by atoms with Crippen LogP contribution in [0.1, 0.15) is 37.5 Å². The number of halogens is 1. The van der Waals surface area contributed by atoms with Gasteiger partial charge in [0, 0.05) is 18.1 Å². The van der Waals surface area contributed by atoms with Gasteiger partial charge in [-0.15, -0.1) is 0 Å². The number of nitrogens with zero attached hydrogens (tertiary/aromatic N) is 2. The zero-order chi connectivity index (χ0) is 28.7. The van der Waals surface area contributed by atoms with E-state index in [9.17, 15) is 18.0 Å². The summed E-state index contributed by atoms with van der Waals surface area (Å²) in [6.07, 6.45) is 0. The number of nitrogens with one attached hydrogen (secondary N) is 1. The lowest BCUT2D eigenvalue weighted by Crippen LogP contribution is -2.51. The second-order valence-electron chi connectivity index (χ2n) is 10.0. The van der Waals surface area contributed by atoms with E-state index in [1.54, 1.807) is 55.5 Å². The molecule has 2 amide bonds. The molecule has 0 bridgehead atoms. The van der Waals surface area contributed by atoms with Crippen molar-refractivity contribution in [3.05, 3.63) is 94.5 Å². The van der Waals surface area contributed by atoms with Crippen molar-refractivity contribution in [1.82, 2.24) is 10.2 Å². The lowest BCUT2D eigenvalue weighted by Gasteiger charge is -2.32. The Morgan fingerprint density at radius 3 is 2.23 bits per heavy atom. The highest BCUT2D eigenvalue weighted by atomic mass is 35.5. The molecule has 3 aromatic carbocycles. The minimum atomic E-state index is -4.10. The van der Waals surface area contributed by atoms with Crippen molar-refractivity contribution in [3.8, 4) is 0 Å². The first-order valence-electron chi connectivity index (χ1n) is 12.9. The Bertz CT molecular complexity index is 1410. The van der Waals surface area contributed by atoms with Gasteiger partial charge in [0.25, 0.3) is 10.0 Å². The predicted molar refractivity (Wildman–Crippen MR) is 156 cm³/mol. The summed E-state index contributed by atoms with van der Waals surface area (Å²) in [5, 5.41) is 3.38. The van der Waals surface area contributed by atoms with E-state index < -0.39 is 28.5 Å². The number of anilines is 1. The first-order chi connectivity index (χ1) is 18.4. The van der Waals surface area contributed by atoms with Crippen LogP contribution < -0.4 is 9.62 Å². The van der Waals surface area contributed by atoms with Crippen molar-refractivity contribution in [2.24, 2.45) is 5.92 Å². The van der Waals surface area contributed by atoms with Gasteiger partial charge in [-0.2, -0.15) is 0 Å². The van der Waals surface area contributed by atoms with Gasteiger partial charge in [0.15, 0.2) is 0 Å². The van der Waals surface area contributed by atoms with Crippen LogP contribution in [-0.2, 0) is 26.2 Å². The second kappa shape index (κ2) is 13.1. The Morgan fingerprint density at radius 2 is 1.59 bits per heavy atom. The number of carbonyl (C=O) groups is 2. The molecule has 0 aliphatic heterocycles. The van der Waals surface area contributed by atoms with Crippen LogP contribution >= 0.6 is 11.6 Å². The minimum Gasteiger partial charge on any atom is -0.354 e. The van der Waals surface area contributed by atoms with Gasteiger partial charge in [0.05, 0.1) is 10.6 Å². The summed E-state index contributed by atoms with van der Waals surface area (Å²) >= 11 is 6.19. The number of hydrogen-bond donors (Lipinski definition) is 1.